The second-order valence-corrected chi connectivity index (χ2v) is 6.64. The Kier molecular flexibility index (Phi) is 4.57. The average Bonchev–Trinajstić information content (AvgIpc) is 3.08. The zero-order chi connectivity index (χ0) is 17.9. The third kappa shape index (κ3) is 3.15. The molecule has 0 N–H and O–H groups in total. The maximum atomic E-state index is 5.60. The molecule has 0 spiro atoms. The van der Waals surface area contributed by atoms with E-state index in [-0.39, 0.29) is 0 Å². The van der Waals surface area contributed by atoms with Crippen LogP contribution >= 0.6 is 11.3 Å². The first kappa shape index (κ1) is 16.6. The monoisotopic (exact) mass is 367 g/mol. The minimum absolute atomic E-state index is 0.494. The van der Waals surface area contributed by atoms with Crippen LogP contribution in [0.1, 0.15) is 24.7 Å². The Morgan fingerprint density at radius 3 is 3.04 bits per heavy atom. The van der Waals surface area contributed by atoms with Crippen LogP contribution in [0.15, 0.2) is 35.9 Å². The van der Waals surface area contributed by atoms with Crippen molar-refractivity contribution < 1.29 is 9.57 Å². The summed E-state index contributed by atoms with van der Waals surface area (Å²) >= 11 is 1.57. The summed E-state index contributed by atoms with van der Waals surface area (Å²) in [5.74, 6) is 0.494. The van der Waals surface area contributed by atoms with Gasteiger partial charge in [0.1, 0.15) is 23.0 Å². The first-order valence-corrected chi connectivity index (χ1v) is 9.15. The van der Waals surface area contributed by atoms with Gasteiger partial charge in [-0.3, -0.25) is 4.98 Å². The predicted molar refractivity (Wildman–Crippen MR) is 99.4 cm³/mol. The molecule has 3 aromatic heterocycles. The van der Waals surface area contributed by atoms with Gasteiger partial charge in [0.05, 0.1) is 23.4 Å². The van der Waals surface area contributed by atoms with Crippen LogP contribution in [0.3, 0.4) is 0 Å². The Bertz CT molecular complexity index is 955. The van der Waals surface area contributed by atoms with E-state index in [1.54, 1.807) is 29.9 Å². The van der Waals surface area contributed by atoms with E-state index in [1.165, 1.54) is 0 Å². The van der Waals surface area contributed by atoms with Crippen LogP contribution < -0.4 is 4.74 Å². The molecule has 4 heterocycles. The maximum Gasteiger partial charge on any atom is 0.242 e. The van der Waals surface area contributed by atoms with Gasteiger partial charge in [-0.25, -0.2) is 15.0 Å². The van der Waals surface area contributed by atoms with E-state index in [9.17, 15) is 0 Å². The lowest BCUT2D eigenvalue weighted by molar-refractivity contribution is 0.156. The lowest BCUT2D eigenvalue weighted by Crippen LogP contribution is -2.19. The van der Waals surface area contributed by atoms with Crippen LogP contribution in [-0.4, -0.2) is 38.9 Å². The summed E-state index contributed by atoms with van der Waals surface area (Å²) in [7, 11) is 0. The molecule has 0 amide bonds. The molecule has 3 aromatic rings. The van der Waals surface area contributed by atoms with Gasteiger partial charge in [-0.05, 0) is 26.0 Å². The highest BCUT2D eigenvalue weighted by Crippen LogP contribution is 2.35. The topological polar surface area (TPSA) is 82.4 Å². The van der Waals surface area contributed by atoms with E-state index >= 15 is 0 Å². The minimum Gasteiger partial charge on any atom is -0.476 e. The molecule has 1 aliphatic heterocycles. The van der Waals surface area contributed by atoms with Crippen molar-refractivity contribution in [2.24, 2.45) is 5.16 Å². The van der Waals surface area contributed by atoms with Gasteiger partial charge in [0.2, 0.25) is 5.88 Å². The summed E-state index contributed by atoms with van der Waals surface area (Å²) < 4.78 is 5.60. The summed E-state index contributed by atoms with van der Waals surface area (Å²) in [6.07, 6.45) is 5.92. The molecule has 0 radical (unpaired) electrons. The van der Waals surface area contributed by atoms with Crippen molar-refractivity contribution in [2.45, 2.75) is 20.3 Å². The first-order chi connectivity index (χ1) is 12.8. The maximum absolute atomic E-state index is 5.60. The van der Waals surface area contributed by atoms with Crippen molar-refractivity contribution >= 4 is 17.0 Å². The van der Waals surface area contributed by atoms with Crippen LogP contribution in [0, 0.1) is 6.92 Å². The normalized spacial score (nSPS) is 14.8. The molecule has 0 saturated carbocycles. The lowest BCUT2D eigenvalue weighted by Gasteiger charge is -2.17. The predicted octanol–water partition coefficient (Wildman–Crippen LogP) is 3.49. The van der Waals surface area contributed by atoms with E-state index in [1.807, 2.05) is 26.0 Å². The third-order valence-corrected chi connectivity index (χ3v) is 5.06. The quantitative estimate of drug-likeness (QED) is 0.657. The molecule has 0 aliphatic carbocycles. The largest absolute Gasteiger partial charge is 0.476 e. The molecule has 1 aliphatic rings. The molecule has 132 valence electrons. The summed E-state index contributed by atoms with van der Waals surface area (Å²) in [5.41, 5.74) is 4.04. The molecule has 0 atom stereocenters. The van der Waals surface area contributed by atoms with Crippen LogP contribution in [-0.2, 0) is 4.84 Å². The highest BCUT2D eigenvalue weighted by atomic mass is 32.1. The number of pyridine rings is 1. The molecule has 26 heavy (non-hydrogen) atoms. The number of ether oxygens (including phenoxy) is 1. The molecule has 0 fully saturated rings. The molecule has 7 nitrogen and oxygen atoms in total. The minimum atomic E-state index is 0.494. The van der Waals surface area contributed by atoms with E-state index < -0.39 is 0 Å². The Morgan fingerprint density at radius 2 is 2.23 bits per heavy atom. The van der Waals surface area contributed by atoms with Crippen molar-refractivity contribution in [1.29, 1.82) is 0 Å². The van der Waals surface area contributed by atoms with Crippen molar-refractivity contribution in [1.82, 2.24) is 19.9 Å². The second kappa shape index (κ2) is 7.17. The number of rotatable bonds is 4. The van der Waals surface area contributed by atoms with Gasteiger partial charge < -0.3 is 9.57 Å². The van der Waals surface area contributed by atoms with E-state index in [0.29, 0.717) is 31.2 Å². The fourth-order valence-corrected chi connectivity index (χ4v) is 3.63. The number of hydrogen-bond donors (Lipinski definition) is 0. The van der Waals surface area contributed by atoms with Gasteiger partial charge in [-0.1, -0.05) is 5.16 Å². The van der Waals surface area contributed by atoms with Gasteiger partial charge in [0.15, 0.2) is 5.69 Å². The number of aromatic nitrogens is 4. The van der Waals surface area contributed by atoms with Gasteiger partial charge in [0, 0.05) is 24.4 Å². The zero-order valence-electron chi connectivity index (χ0n) is 14.5. The van der Waals surface area contributed by atoms with Crippen molar-refractivity contribution in [2.75, 3.05) is 13.2 Å². The number of nitrogens with zero attached hydrogens (tertiary/aromatic N) is 5. The SMILES string of the molecule is CCO/N=C1\CCOc2ncc(-c3sc(-c4cccnc4)nc3C)nc21. The first-order valence-electron chi connectivity index (χ1n) is 8.33. The summed E-state index contributed by atoms with van der Waals surface area (Å²) in [6, 6.07) is 3.90. The van der Waals surface area contributed by atoms with Crippen LogP contribution in [0.4, 0.5) is 0 Å². The number of aryl methyl sites for hydroxylation is 1. The molecule has 4 rings (SSSR count). The van der Waals surface area contributed by atoms with Crippen molar-refractivity contribution in [3.63, 3.8) is 0 Å². The molecule has 0 aromatic carbocycles. The van der Waals surface area contributed by atoms with Crippen molar-refractivity contribution in [3.05, 3.63) is 42.1 Å². The standard InChI is InChI=1S/C18H17N5O2S/c1-3-25-23-13-6-8-24-17-15(13)22-14(10-20-17)16-11(2)21-18(26-16)12-5-4-7-19-9-12/h4-5,7,9-10H,3,6,8H2,1-2H3/b23-13+. The number of oxime groups is 1. The molecule has 0 saturated heterocycles. The number of thiazole rings is 1. The smallest absolute Gasteiger partial charge is 0.242 e. The Labute approximate surface area is 154 Å². The lowest BCUT2D eigenvalue weighted by atomic mass is 10.1. The molecule has 8 heteroatoms. The van der Waals surface area contributed by atoms with Gasteiger partial charge in [0.25, 0.3) is 0 Å². The van der Waals surface area contributed by atoms with E-state index in [4.69, 9.17) is 14.6 Å². The van der Waals surface area contributed by atoms with E-state index in [2.05, 4.69) is 20.1 Å². The third-order valence-electron chi connectivity index (χ3n) is 3.83. The van der Waals surface area contributed by atoms with Crippen LogP contribution in [0.2, 0.25) is 0 Å². The summed E-state index contributed by atoms with van der Waals surface area (Å²) in [6.45, 7) is 4.90. The highest BCUT2D eigenvalue weighted by molar-refractivity contribution is 7.18. The Morgan fingerprint density at radius 1 is 1.31 bits per heavy atom. The van der Waals surface area contributed by atoms with Crippen LogP contribution in [0.5, 0.6) is 5.88 Å². The molecular weight excluding hydrogens is 350 g/mol. The fourth-order valence-electron chi connectivity index (χ4n) is 2.62. The Hall–Kier alpha value is -2.87. The molecule has 0 unspecified atom stereocenters. The van der Waals surface area contributed by atoms with Crippen molar-refractivity contribution in [3.8, 4) is 27.0 Å². The van der Waals surface area contributed by atoms with Gasteiger partial charge in [-0.2, -0.15) is 0 Å². The second-order valence-electron chi connectivity index (χ2n) is 5.64. The number of hydrogen-bond acceptors (Lipinski definition) is 8. The summed E-state index contributed by atoms with van der Waals surface area (Å²) in [4.78, 5) is 24.2. The van der Waals surface area contributed by atoms with E-state index in [0.717, 1.165) is 32.5 Å². The fraction of sp³-hybridized carbons (Fsp3) is 0.278. The Balaban J connectivity index is 1.74. The highest BCUT2D eigenvalue weighted by Gasteiger charge is 2.23. The van der Waals surface area contributed by atoms with Gasteiger partial charge in [-0.15, -0.1) is 11.3 Å². The van der Waals surface area contributed by atoms with Gasteiger partial charge >= 0.3 is 0 Å². The summed E-state index contributed by atoms with van der Waals surface area (Å²) in [5, 5.41) is 5.07. The zero-order valence-corrected chi connectivity index (χ0v) is 15.3. The molecular formula is C18H17N5O2S. The molecule has 0 bridgehead atoms. The average molecular weight is 367 g/mol. The number of fused-ring (bicyclic) bond motifs is 1. The van der Waals surface area contributed by atoms with Crippen LogP contribution in [0.25, 0.3) is 21.1 Å².